The quantitative estimate of drug-likeness (QED) is 0.0273. The first-order valence-electron chi connectivity index (χ1n) is 19.7. The van der Waals surface area contributed by atoms with Gasteiger partial charge in [-0.2, -0.15) is 0 Å². The Morgan fingerprint density at radius 3 is 1.70 bits per heavy atom. The Balaban J connectivity index is 2.71. The maximum absolute atomic E-state index is 12.9. The summed E-state index contributed by atoms with van der Waals surface area (Å²) in [5, 5.41) is 73.9. The van der Waals surface area contributed by atoms with Gasteiger partial charge in [-0.15, -0.1) is 0 Å². The molecule has 1 saturated carbocycles. The van der Waals surface area contributed by atoms with Crippen molar-refractivity contribution in [3.05, 3.63) is 48.6 Å². The van der Waals surface area contributed by atoms with E-state index >= 15 is 0 Å². The van der Waals surface area contributed by atoms with Crippen LogP contribution in [-0.2, 0) is 18.4 Å². The molecule has 8 atom stereocenters. The molecule has 53 heavy (non-hydrogen) atoms. The minimum absolute atomic E-state index is 0.274. The third-order valence-corrected chi connectivity index (χ3v) is 10.1. The Kier molecular flexibility index (Phi) is 27.5. The van der Waals surface area contributed by atoms with Crippen LogP contribution in [0.2, 0.25) is 0 Å². The average Bonchev–Trinajstić information content (AvgIpc) is 3.12. The molecule has 308 valence electrons. The number of aliphatic hydroxyl groups excluding tert-OH is 7. The van der Waals surface area contributed by atoms with Crippen molar-refractivity contribution >= 4 is 13.7 Å². The summed E-state index contributed by atoms with van der Waals surface area (Å²) in [7, 11) is -5.15. The molecule has 0 heterocycles. The highest BCUT2D eigenvalue weighted by Gasteiger charge is 2.51. The topological polar surface area (TPSA) is 226 Å². The molecule has 8 unspecified atom stereocenters. The summed E-state index contributed by atoms with van der Waals surface area (Å²) in [4.78, 5) is 23.2. The molecule has 1 amide bonds. The van der Waals surface area contributed by atoms with Gasteiger partial charge in [-0.3, -0.25) is 13.8 Å². The molecule has 0 aromatic rings. The fraction of sp³-hybridized carbons (Fsp3) is 0.769. The first-order valence-corrected chi connectivity index (χ1v) is 21.2. The molecule has 0 radical (unpaired) electrons. The predicted octanol–water partition coefficient (Wildman–Crippen LogP) is 4.80. The number of unbranched alkanes of at least 4 members (excludes halogenated alkanes) is 11. The fourth-order valence-corrected chi connectivity index (χ4v) is 6.75. The largest absolute Gasteiger partial charge is 0.472 e. The number of nitrogens with one attached hydrogen (secondary N) is 1. The molecule has 0 bridgehead atoms. The van der Waals surface area contributed by atoms with Gasteiger partial charge in [0.15, 0.2) is 0 Å². The van der Waals surface area contributed by atoms with Crippen molar-refractivity contribution in [3.8, 4) is 0 Å². The number of aliphatic hydroxyl groups is 7. The summed E-state index contributed by atoms with van der Waals surface area (Å²) in [5.74, 6) is -0.626. The number of amides is 1. The predicted molar refractivity (Wildman–Crippen MR) is 206 cm³/mol. The van der Waals surface area contributed by atoms with Gasteiger partial charge in [-0.05, 0) is 64.2 Å². The van der Waals surface area contributed by atoms with E-state index in [1.54, 1.807) is 6.08 Å². The SMILES string of the molecule is CCCC/C=C\CCCCC(O)CC(=O)NC(COP(=O)(O)OC1C(O)C(O)C(O)C(O)C1O)C(O)/C=C/CC/C=C/CC/C=C/CCCCCCC. The van der Waals surface area contributed by atoms with E-state index in [4.69, 9.17) is 9.05 Å². The number of phosphoric acid groups is 1. The van der Waals surface area contributed by atoms with Gasteiger partial charge in [0, 0.05) is 0 Å². The second-order valence-electron chi connectivity index (χ2n) is 13.9. The van der Waals surface area contributed by atoms with E-state index in [0.717, 1.165) is 51.4 Å². The number of hydrogen-bond donors (Lipinski definition) is 9. The van der Waals surface area contributed by atoms with Gasteiger partial charge in [0.25, 0.3) is 0 Å². The Bertz CT molecular complexity index is 1100. The van der Waals surface area contributed by atoms with Crippen LogP contribution in [0.3, 0.4) is 0 Å². The van der Waals surface area contributed by atoms with Crippen LogP contribution < -0.4 is 5.32 Å². The van der Waals surface area contributed by atoms with Crippen LogP contribution in [0.4, 0.5) is 0 Å². The smallest absolute Gasteiger partial charge is 0.393 e. The van der Waals surface area contributed by atoms with Crippen molar-refractivity contribution in [1.29, 1.82) is 0 Å². The van der Waals surface area contributed by atoms with Crippen LogP contribution in [0.15, 0.2) is 48.6 Å². The van der Waals surface area contributed by atoms with Crippen molar-refractivity contribution < 1.29 is 59.0 Å². The van der Waals surface area contributed by atoms with Crippen molar-refractivity contribution in [2.24, 2.45) is 0 Å². The molecule has 0 aromatic carbocycles. The molecule has 9 N–H and O–H groups in total. The van der Waals surface area contributed by atoms with E-state index in [-0.39, 0.29) is 6.42 Å². The maximum Gasteiger partial charge on any atom is 0.472 e. The van der Waals surface area contributed by atoms with E-state index in [1.165, 1.54) is 38.2 Å². The highest BCUT2D eigenvalue weighted by Crippen LogP contribution is 2.47. The zero-order valence-electron chi connectivity index (χ0n) is 31.9. The standard InChI is InChI=1S/C39H70NO12P/c1-3-5-7-9-11-13-14-15-16-17-18-19-21-23-25-27-32(42)31(40-33(43)28-30(41)26-24-22-20-12-10-8-6-4-2)29-51-53(49,50)52-39-37(47)35(45)34(44)36(46)38(39)48/h10,12,14-15,18-19,25,27,30-32,34-39,41-42,44-48H,3-9,11,13,16-17,20-24,26,28-29H2,1-2H3,(H,40,43)(H,49,50)/b12-10-,15-14+,19-18+,27-25+. The zero-order chi connectivity index (χ0) is 39.5. The summed E-state index contributed by atoms with van der Waals surface area (Å²) in [6.07, 6.45) is 18.1. The molecule has 0 saturated heterocycles. The number of rotatable bonds is 30. The molecule has 0 aromatic heterocycles. The van der Waals surface area contributed by atoms with Gasteiger partial charge in [-0.1, -0.05) is 107 Å². The maximum atomic E-state index is 12.9. The molecule has 13 nitrogen and oxygen atoms in total. The number of carbonyl (C=O) groups is 1. The van der Waals surface area contributed by atoms with E-state index < -0.39 is 75.2 Å². The molecule has 0 aliphatic heterocycles. The minimum Gasteiger partial charge on any atom is -0.393 e. The van der Waals surface area contributed by atoms with Gasteiger partial charge in [0.05, 0.1) is 31.3 Å². The number of hydrogen-bond acceptors (Lipinski definition) is 11. The van der Waals surface area contributed by atoms with Gasteiger partial charge in [0.2, 0.25) is 5.91 Å². The summed E-state index contributed by atoms with van der Waals surface area (Å²) in [6, 6.07) is -1.27. The Hall–Kier alpha value is -1.74. The van der Waals surface area contributed by atoms with Crippen LogP contribution in [0.25, 0.3) is 0 Å². The molecule has 14 heteroatoms. The highest BCUT2D eigenvalue weighted by molar-refractivity contribution is 7.47. The monoisotopic (exact) mass is 775 g/mol. The van der Waals surface area contributed by atoms with Gasteiger partial charge in [-0.25, -0.2) is 4.57 Å². The highest BCUT2D eigenvalue weighted by atomic mass is 31.2. The van der Waals surface area contributed by atoms with Crippen LogP contribution in [0, 0.1) is 0 Å². The van der Waals surface area contributed by atoms with Crippen molar-refractivity contribution in [1.82, 2.24) is 5.32 Å². The zero-order valence-corrected chi connectivity index (χ0v) is 32.8. The van der Waals surface area contributed by atoms with E-state index in [9.17, 15) is 50.0 Å². The summed E-state index contributed by atoms with van der Waals surface area (Å²) >= 11 is 0. The van der Waals surface area contributed by atoms with E-state index in [0.29, 0.717) is 25.7 Å². The van der Waals surface area contributed by atoms with E-state index in [1.807, 2.05) is 6.08 Å². The lowest BCUT2D eigenvalue weighted by Crippen LogP contribution is -2.64. The van der Waals surface area contributed by atoms with Crippen LogP contribution in [0.5, 0.6) is 0 Å². The molecule has 1 rings (SSSR count). The van der Waals surface area contributed by atoms with Crippen molar-refractivity contribution in [2.45, 2.75) is 184 Å². The molecule has 1 aliphatic rings. The third kappa shape index (κ3) is 22.4. The Labute approximate surface area is 317 Å². The van der Waals surface area contributed by atoms with Gasteiger partial charge >= 0.3 is 7.82 Å². The minimum atomic E-state index is -5.15. The molecule has 1 fully saturated rings. The first kappa shape index (κ1) is 49.3. The molecule has 0 spiro atoms. The lowest BCUT2D eigenvalue weighted by Gasteiger charge is -2.41. The number of allylic oxidation sites excluding steroid dienone is 7. The van der Waals surface area contributed by atoms with Gasteiger partial charge in [0.1, 0.15) is 36.6 Å². The van der Waals surface area contributed by atoms with Gasteiger partial charge < -0.3 is 46.0 Å². The van der Waals surface area contributed by atoms with Crippen molar-refractivity contribution in [2.75, 3.05) is 6.61 Å². The number of phosphoric ester groups is 1. The summed E-state index contributed by atoms with van der Waals surface area (Å²) in [6.45, 7) is 3.59. The Morgan fingerprint density at radius 2 is 1.13 bits per heavy atom. The molecular formula is C39H70NO12P. The van der Waals surface area contributed by atoms with Crippen LogP contribution >= 0.6 is 7.82 Å². The fourth-order valence-electron chi connectivity index (χ4n) is 5.78. The van der Waals surface area contributed by atoms with Crippen LogP contribution in [0.1, 0.15) is 129 Å². The Morgan fingerprint density at radius 1 is 0.660 bits per heavy atom. The molecule has 1 aliphatic carbocycles. The number of carbonyl (C=O) groups excluding carboxylic acids is 1. The first-order chi connectivity index (χ1) is 25.3. The lowest BCUT2D eigenvalue weighted by molar-refractivity contribution is -0.220. The van der Waals surface area contributed by atoms with E-state index in [2.05, 4.69) is 49.5 Å². The summed E-state index contributed by atoms with van der Waals surface area (Å²) in [5.41, 5.74) is 0. The van der Waals surface area contributed by atoms with Crippen LogP contribution in [-0.4, -0.2) is 108 Å². The third-order valence-electron chi connectivity index (χ3n) is 9.11. The van der Waals surface area contributed by atoms with Crippen molar-refractivity contribution in [3.63, 3.8) is 0 Å². The second-order valence-corrected chi connectivity index (χ2v) is 15.3. The lowest BCUT2D eigenvalue weighted by atomic mass is 9.85. The average molecular weight is 776 g/mol. The molecular weight excluding hydrogens is 705 g/mol. The summed E-state index contributed by atoms with van der Waals surface area (Å²) < 4.78 is 22.7. The normalized spacial score (nSPS) is 25.4. The second kappa shape index (κ2) is 29.5.